The summed E-state index contributed by atoms with van der Waals surface area (Å²) < 4.78 is 0. The number of carbonyl (C=O) groups is 1. The lowest BCUT2D eigenvalue weighted by molar-refractivity contribution is -0.123. The SMILES string of the molecule is CC(C)C(NC(=O)CC1CC2CCC(C1)N2)c1ccc(Cl)cc1. The third-order valence-corrected chi connectivity index (χ3v) is 5.51. The lowest BCUT2D eigenvalue weighted by Crippen LogP contribution is -2.40. The summed E-state index contributed by atoms with van der Waals surface area (Å²) in [5, 5.41) is 7.62. The van der Waals surface area contributed by atoms with Gasteiger partial charge in [-0.3, -0.25) is 4.79 Å². The number of fused-ring (bicyclic) bond motifs is 2. The maximum atomic E-state index is 12.5. The monoisotopic (exact) mass is 334 g/mol. The van der Waals surface area contributed by atoms with Crippen LogP contribution in [0.3, 0.4) is 0 Å². The number of hydrogen-bond acceptors (Lipinski definition) is 2. The quantitative estimate of drug-likeness (QED) is 0.852. The number of halogens is 1. The van der Waals surface area contributed by atoms with Crippen LogP contribution in [0, 0.1) is 11.8 Å². The molecule has 2 aliphatic rings. The van der Waals surface area contributed by atoms with Gasteiger partial charge in [0.1, 0.15) is 0 Å². The standard InChI is InChI=1S/C19H27ClN2O/c1-12(2)19(14-3-5-15(20)6-4-14)22-18(23)11-13-9-16-7-8-17(10-13)21-16/h3-6,12-13,16-17,19,21H,7-11H2,1-2H3,(H,22,23). The van der Waals surface area contributed by atoms with E-state index in [-0.39, 0.29) is 11.9 Å². The van der Waals surface area contributed by atoms with Gasteiger partial charge < -0.3 is 10.6 Å². The highest BCUT2D eigenvalue weighted by Crippen LogP contribution is 2.33. The minimum absolute atomic E-state index is 0.0539. The second-order valence-electron chi connectivity index (χ2n) is 7.52. The fraction of sp³-hybridized carbons (Fsp3) is 0.632. The maximum Gasteiger partial charge on any atom is 0.220 e. The van der Waals surface area contributed by atoms with Crippen molar-refractivity contribution in [2.24, 2.45) is 11.8 Å². The zero-order valence-electron chi connectivity index (χ0n) is 14.0. The van der Waals surface area contributed by atoms with E-state index in [1.165, 1.54) is 12.8 Å². The summed E-state index contributed by atoms with van der Waals surface area (Å²) in [6.45, 7) is 4.29. The molecule has 1 aromatic carbocycles. The van der Waals surface area contributed by atoms with E-state index in [0.29, 0.717) is 30.3 Å². The molecule has 3 unspecified atom stereocenters. The summed E-state index contributed by atoms with van der Waals surface area (Å²) in [7, 11) is 0. The smallest absolute Gasteiger partial charge is 0.220 e. The largest absolute Gasteiger partial charge is 0.349 e. The van der Waals surface area contributed by atoms with Crippen LogP contribution >= 0.6 is 11.6 Å². The molecule has 2 aliphatic heterocycles. The van der Waals surface area contributed by atoms with Gasteiger partial charge in [0.2, 0.25) is 5.91 Å². The summed E-state index contributed by atoms with van der Waals surface area (Å²) in [5.74, 6) is 1.07. The molecule has 3 nitrogen and oxygen atoms in total. The first-order chi connectivity index (χ1) is 11.0. The Morgan fingerprint density at radius 3 is 2.39 bits per heavy atom. The third-order valence-electron chi connectivity index (χ3n) is 5.26. The molecule has 3 atom stereocenters. The van der Waals surface area contributed by atoms with Crippen molar-refractivity contribution in [3.8, 4) is 0 Å². The van der Waals surface area contributed by atoms with Gasteiger partial charge in [0, 0.05) is 23.5 Å². The number of nitrogens with one attached hydrogen (secondary N) is 2. The molecule has 1 amide bonds. The zero-order valence-corrected chi connectivity index (χ0v) is 14.8. The fourth-order valence-corrected chi connectivity index (χ4v) is 4.27. The Morgan fingerprint density at radius 2 is 1.83 bits per heavy atom. The molecule has 2 heterocycles. The van der Waals surface area contributed by atoms with Crippen LogP contribution in [0.15, 0.2) is 24.3 Å². The Morgan fingerprint density at radius 1 is 1.22 bits per heavy atom. The summed E-state index contributed by atoms with van der Waals surface area (Å²) >= 11 is 5.97. The van der Waals surface area contributed by atoms with Crippen LogP contribution in [0.25, 0.3) is 0 Å². The Bertz CT molecular complexity index is 531. The Balaban J connectivity index is 1.59. The van der Waals surface area contributed by atoms with E-state index in [4.69, 9.17) is 11.6 Å². The summed E-state index contributed by atoms with van der Waals surface area (Å²) in [5.41, 5.74) is 1.13. The predicted octanol–water partition coefficient (Wildman–Crippen LogP) is 4.07. The molecule has 126 valence electrons. The Kier molecular flexibility index (Phi) is 5.27. The predicted molar refractivity (Wildman–Crippen MR) is 94.5 cm³/mol. The van der Waals surface area contributed by atoms with Crippen molar-refractivity contribution in [3.63, 3.8) is 0 Å². The average molecular weight is 335 g/mol. The highest BCUT2D eigenvalue weighted by atomic mass is 35.5. The molecule has 4 heteroatoms. The average Bonchev–Trinajstić information content (AvgIpc) is 2.84. The molecule has 23 heavy (non-hydrogen) atoms. The van der Waals surface area contributed by atoms with Crippen molar-refractivity contribution in [3.05, 3.63) is 34.9 Å². The van der Waals surface area contributed by atoms with Crippen LogP contribution < -0.4 is 10.6 Å². The van der Waals surface area contributed by atoms with Gasteiger partial charge in [0.25, 0.3) is 0 Å². The number of benzene rings is 1. The van der Waals surface area contributed by atoms with Crippen molar-refractivity contribution in [2.75, 3.05) is 0 Å². The number of hydrogen-bond donors (Lipinski definition) is 2. The van der Waals surface area contributed by atoms with E-state index in [9.17, 15) is 4.79 Å². The zero-order chi connectivity index (χ0) is 16.4. The second-order valence-corrected chi connectivity index (χ2v) is 7.96. The van der Waals surface area contributed by atoms with Crippen molar-refractivity contribution in [1.82, 2.24) is 10.6 Å². The minimum Gasteiger partial charge on any atom is -0.349 e. The van der Waals surface area contributed by atoms with Gasteiger partial charge >= 0.3 is 0 Å². The Hall–Kier alpha value is -1.06. The van der Waals surface area contributed by atoms with Gasteiger partial charge in [-0.25, -0.2) is 0 Å². The molecule has 0 saturated carbocycles. The number of rotatable bonds is 5. The van der Waals surface area contributed by atoms with Gasteiger partial charge in [-0.2, -0.15) is 0 Å². The number of carbonyl (C=O) groups excluding carboxylic acids is 1. The molecular weight excluding hydrogens is 308 g/mol. The second kappa shape index (κ2) is 7.23. The number of amides is 1. The molecule has 2 bridgehead atoms. The topological polar surface area (TPSA) is 41.1 Å². The first-order valence-electron chi connectivity index (χ1n) is 8.82. The van der Waals surface area contributed by atoms with Gasteiger partial charge in [0.05, 0.1) is 6.04 Å². The van der Waals surface area contributed by atoms with Gasteiger partial charge in [-0.05, 0) is 55.2 Å². The summed E-state index contributed by atoms with van der Waals surface area (Å²) in [6.07, 6.45) is 5.52. The van der Waals surface area contributed by atoms with Crippen molar-refractivity contribution in [2.45, 2.75) is 64.1 Å². The minimum atomic E-state index is 0.0539. The number of piperidine rings is 1. The van der Waals surface area contributed by atoms with E-state index in [1.54, 1.807) is 0 Å². The molecular formula is C19H27ClN2O. The van der Waals surface area contributed by atoms with Crippen molar-refractivity contribution < 1.29 is 4.79 Å². The van der Waals surface area contributed by atoms with E-state index in [2.05, 4.69) is 24.5 Å². The molecule has 2 fully saturated rings. The third kappa shape index (κ3) is 4.27. The molecule has 2 saturated heterocycles. The normalized spacial score (nSPS) is 27.9. The van der Waals surface area contributed by atoms with Gasteiger partial charge in [0.15, 0.2) is 0 Å². The van der Waals surface area contributed by atoms with Gasteiger partial charge in [-0.1, -0.05) is 37.6 Å². The lowest BCUT2D eigenvalue weighted by Gasteiger charge is -2.30. The van der Waals surface area contributed by atoms with Crippen LogP contribution in [0.1, 0.15) is 57.6 Å². The van der Waals surface area contributed by atoms with Crippen molar-refractivity contribution in [1.29, 1.82) is 0 Å². The summed E-state index contributed by atoms with van der Waals surface area (Å²) in [4.78, 5) is 12.5. The first-order valence-corrected chi connectivity index (χ1v) is 9.20. The van der Waals surface area contributed by atoms with E-state index >= 15 is 0 Å². The van der Waals surface area contributed by atoms with E-state index < -0.39 is 0 Å². The summed E-state index contributed by atoms with van der Waals surface area (Å²) in [6, 6.07) is 9.15. The molecule has 0 aromatic heterocycles. The Labute approximate surface area is 144 Å². The van der Waals surface area contributed by atoms with Crippen LogP contribution in [0.5, 0.6) is 0 Å². The van der Waals surface area contributed by atoms with Gasteiger partial charge in [-0.15, -0.1) is 0 Å². The molecule has 3 rings (SSSR count). The van der Waals surface area contributed by atoms with Crippen LogP contribution in [0.2, 0.25) is 5.02 Å². The van der Waals surface area contributed by atoms with Crippen LogP contribution in [0.4, 0.5) is 0 Å². The maximum absolute atomic E-state index is 12.5. The molecule has 0 radical (unpaired) electrons. The molecule has 0 aliphatic carbocycles. The molecule has 1 aromatic rings. The fourth-order valence-electron chi connectivity index (χ4n) is 4.14. The van der Waals surface area contributed by atoms with Crippen molar-refractivity contribution >= 4 is 17.5 Å². The van der Waals surface area contributed by atoms with Crippen LogP contribution in [-0.4, -0.2) is 18.0 Å². The highest BCUT2D eigenvalue weighted by Gasteiger charge is 2.34. The van der Waals surface area contributed by atoms with E-state index in [0.717, 1.165) is 23.4 Å². The van der Waals surface area contributed by atoms with E-state index in [1.807, 2.05) is 24.3 Å². The lowest BCUT2D eigenvalue weighted by atomic mass is 9.89. The highest BCUT2D eigenvalue weighted by molar-refractivity contribution is 6.30. The first kappa shape index (κ1) is 16.8. The molecule has 0 spiro atoms. The molecule has 2 N–H and O–H groups in total. The van der Waals surface area contributed by atoms with Crippen LogP contribution in [-0.2, 0) is 4.79 Å².